The standard InChI is InChI=1S/C15H20ClFN2.2ClH/c1-3-4-13(19-9-7-18-8-10-19)14-12(16)6-5-11(2)15(14)17;;/h3,5-6,13,18H,1,4,7-10H2,2H3;2*1H/t13-;;/m1../s1. The Morgan fingerprint density at radius 3 is 2.57 bits per heavy atom. The summed E-state index contributed by atoms with van der Waals surface area (Å²) in [5, 5.41) is 3.82. The van der Waals surface area contributed by atoms with E-state index >= 15 is 0 Å². The van der Waals surface area contributed by atoms with Gasteiger partial charge in [-0.3, -0.25) is 4.90 Å². The van der Waals surface area contributed by atoms with Crippen LogP contribution in [0.4, 0.5) is 4.39 Å². The maximum atomic E-state index is 14.4. The maximum absolute atomic E-state index is 14.4. The Hall–Kier alpha value is -0.320. The minimum atomic E-state index is -0.183. The fraction of sp³-hybridized carbons (Fsp3) is 0.467. The average Bonchev–Trinajstić information content (AvgIpc) is 2.43. The van der Waals surface area contributed by atoms with Gasteiger partial charge in [0.1, 0.15) is 5.82 Å². The number of hydrogen-bond acceptors (Lipinski definition) is 2. The first-order chi connectivity index (χ1) is 9.15. The zero-order valence-corrected chi connectivity index (χ0v) is 14.5. The molecule has 21 heavy (non-hydrogen) atoms. The molecule has 6 heteroatoms. The van der Waals surface area contributed by atoms with Crippen LogP contribution in [0.25, 0.3) is 0 Å². The van der Waals surface area contributed by atoms with Gasteiger partial charge in [-0.25, -0.2) is 4.39 Å². The molecule has 1 fully saturated rings. The topological polar surface area (TPSA) is 15.3 Å². The van der Waals surface area contributed by atoms with Gasteiger partial charge in [0.25, 0.3) is 0 Å². The minimum Gasteiger partial charge on any atom is -0.314 e. The second kappa shape index (κ2) is 9.65. The third-order valence-electron chi connectivity index (χ3n) is 3.64. The molecular weight excluding hydrogens is 334 g/mol. The Balaban J connectivity index is 0.00000200. The van der Waals surface area contributed by atoms with E-state index in [1.165, 1.54) is 0 Å². The normalized spacial score (nSPS) is 16.5. The molecule has 2 nitrogen and oxygen atoms in total. The van der Waals surface area contributed by atoms with Crippen molar-refractivity contribution in [2.45, 2.75) is 19.4 Å². The molecule has 0 spiro atoms. The summed E-state index contributed by atoms with van der Waals surface area (Å²) in [6.07, 6.45) is 2.55. The van der Waals surface area contributed by atoms with E-state index < -0.39 is 0 Å². The molecule has 1 atom stereocenters. The van der Waals surface area contributed by atoms with Gasteiger partial charge in [-0.15, -0.1) is 31.4 Å². The molecular formula is C15H22Cl3FN2. The Morgan fingerprint density at radius 2 is 2.00 bits per heavy atom. The van der Waals surface area contributed by atoms with Crippen molar-refractivity contribution in [1.29, 1.82) is 0 Å². The number of aryl methyl sites for hydroxylation is 1. The van der Waals surface area contributed by atoms with E-state index in [4.69, 9.17) is 11.6 Å². The Labute approximate surface area is 143 Å². The van der Waals surface area contributed by atoms with Gasteiger partial charge in [0, 0.05) is 42.8 Å². The highest BCUT2D eigenvalue weighted by Gasteiger charge is 2.26. The molecule has 0 radical (unpaired) electrons. The van der Waals surface area contributed by atoms with Gasteiger partial charge >= 0.3 is 0 Å². The summed E-state index contributed by atoms with van der Waals surface area (Å²) in [5.74, 6) is -0.183. The summed E-state index contributed by atoms with van der Waals surface area (Å²) < 4.78 is 14.4. The molecule has 1 saturated heterocycles. The Morgan fingerprint density at radius 1 is 1.38 bits per heavy atom. The van der Waals surface area contributed by atoms with Crippen molar-refractivity contribution in [2.24, 2.45) is 0 Å². The van der Waals surface area contributed by atoms with Crippen molar-refractivity contribution < 1.29 is 4.39 Å². The smallest absolute Gasteiger partial charge is 0.132 e. The second-order valence-electron chi connectivity index (χ2n) is 4.92. The summed E-state index contributed by atoms with van der Waals surface area (Å²) in [4.78, 5) is 2.28. The summed E-state index contributed by atoms with van der Waals surface area (Å²) in [6.45, 7) is 9.24. The van der Waals surface area contributed by atoms with E-state index in [1.54, 1.807) is 19.1 Å². The van der Waals surface area contributed by atoms with E-state index in [1.807, 2.05) is 6.08 Å². The van der Waals surface area contributed by atoms with Crippen LogP contribution in [0.2, 0.25) is 5.02 Å². The van der Waals surface area contributed by atoms with Crippen LogP contribution < -0.4 is 5.32 Å². The predicted octanol–water partition coefficient (Wildman–Crippen LogP) is 4.15. The number of halogens is 4. The van der Waals surface area contributed by atoms with Crippen molar-refractivity contribution >= 4 is 36.4 Å². The molecule has 2 rings (SSSR count). The lowest BCUT2D eigenvalue weighted by Gasteiger charge is -2.35. The predicted molar refractivity (Wildman–Crippen MR) is 92.6 cm³/mol. The van der Waals surface area contributed by atoms with Gasteiger partial charge in [0.15, 0.2) is 0 Å². The maximum Gasteiger partial charge on any atom is 0.132 e. The van der Waals surface area contributed by atoms with Crippen molar-refractivity contribution in [1.82, 2.24) is 10.2 Å². The first-order valence-electron chi connectivity index (χ1n) is 6.65. The highest BCUT2D eigenvalue weighted by molar-refractivity contribution is 6.31. The highest BCUT2D eigenvalue weighted by Crippen LogP contribution is 2.34. The molecule has 0 aromatic heterocycles. The number of nitrogens with zero attached hydrogens (tertiary/aromatic N) is 1. The van der Waals surface area contributed by atoms with Crippen LogP contribution in [0.5, 0.6) is 0 Å². The van der Waals surface area contributed by atoms with Crippen LogP contribution in [-0.4, -0.2) is 31.1 Å². The van der Waals surface area contributed by atoms with Crippen molar-refractivity contribution in [3.8, 4) is 0 Å². The summed E-state index contributed by atoms with van der Waals surface area (Å²) in [5.41, 5.74) is 1.26. The lowest BCUT2D eigenvalue weighted by molar-refractivity contribution is 0.171. The third kappa shape index (κ3) is 4.83. The van der Waals surface area contributed by atoms with Gasteiger partial charge in [-0.05, 0) is 25.0 Å². The molecule has 1 N–H and O–H groups in total. The minimum absolute atomic E-state index is 0. The first kappa shape index (κ1) is 20.7. The van der Waals surface area contributed by atoms with Gasteiger partial charge in [-0.2, -0.15) is 0 Å². The number of benzene rings is 1. The van der Waals surface area contributed by atoms with Crippen LogP contribution in [-0.2, 0) is 0 Å². The molecule has 0 saturated carbocycles. The molecule has 120 valence electrons. The zero-order valence-electron chi connectivity index (χ0n) is 12.1. The fourth-order valence-electron chi connectivity index (χ4n) is 2.58. The lowest BCUT2D eigenvalue weighted by Crippen LogP contribution is -2.45. The largest absolute Gasteiger partial charge is 0.314 e. The van der Waals surface area contributed by atoms with E-state index in [0.717, 1.165) is 26.2 Å². The Bertz CT molecular complexity index is 462. The molecule has 0 unspecified atom stereocenters. The number of rotatable bonds is 4. The van der Waals surface area contributed by atoms with Gasteiger partial charge < -0.3 is 5.32 Å². The van der Waals surface area contributed by atoms with E-state index in [0.29, 0.717) is 22.6 Å². The van der Waals surface area contributed by atoms with Crippen molar-refractivity contribution in [3.63, 3.8) is 0 Å². The van der Waals surface area contributed by atoms with Gasteiger partial charge in [-0.1, -0.05) is 23.7 Å². The summed E-state index contributed by atoms with van der Waals surface area (Å²) in [7, 11) is 0. The monoisotopic (exact) mass is 354 g/mol. The van der Waals surface area contributed by atoms with Crippen molar-refractivity contribution in [2.75, 3.05) is 26.2 Å². The zero-order chi connectivity index (χ0) is 13.8. The van der Waals surface area contributed by atoms with Crippen LogP contribution >= 0.6 is 36.4 Å². The lowest BCUT2D eigenvalue weighted by atomic mass is 9.98. The van der Waals surface area contributed by atoms with Crippen LogP contribution in [0.15, 0.2) is 24.8 Å². The van der Waals surface area contributed by atoms with Crippen LogP contribution in [0, 0.1) is 12.7 Å². The molecule has 0 amide bonds. The molecule has 1 aliphatic rings. The van der Waals surface area contributed by atoms with E-state index in [-0.39, 0.29) is 36.7 Å². The van der Waals surface area contributed by atoms with Crippen molar-refractivity contribution in [3.05, 3.63) is 46.8 Å². The average molecular weight is 356 g/mol. The molecule has 1 aliphatic heterocycles. The second-order valence-corrected chi connectivity index (χ2v) is 5.33. The first-order valence-corrected chi connectivity index (χ1v) is 7.03. The molecule has 0 aliphatic carbocycles. The summed E-state index contributed by atoms with van der Waals surface area (Å²) in [6, 6.07) is 3.49. The van der Waals surface area contributed by atoms with Crippen LogP contribution in [0.1, 0.15) is 23.6 Å². The quantitative estimate of drug-likeness (QED) is 0.816. The Kier molecular flexibility index (Phi) is 9.50. The highest BCUT2D eigenvalue weighted by atomic mass is 35.5. The van der Waals surface area contributed by atoms with E-state index in [9.17, 15) is 4.39 Å². The molecule has 0 bridgehead atoms. The number of piperazine rings is 1. The molecule has 1 heterocycles. The van der Waals surface area contributed by atoms with E-state index in [2.05, 4.69) is 16.8 Å². The van der Waals surface area contributed by atoms with Crippen LogP contribution in [0.3, 0.4) is 0 Å². The number of nitrogens with one attached hydrogen (secondary N) is 1. The number of hydrogen-bond donors (Lipinski definition) is 1. The summed E-state index contributed by atoms with van der Waals surface area (Å²) >= 11 is 6.23. The van der Waals surface area contributed by atoms with Gasteiger partial charge in [0.05, 0.1) is 0 Å². The molecule has 1 aromatic carbocycles. The fourth-order valence-corrected chi connectivity index (χ4v) is 2.86. The van der Waals surface area contributed by atoms with Gasteiger partial charge in [0.2, 0.25) is 0 Å². The molecule has 1 aromatic rings. The third-order valence-corrected chi connectivity index (χ3v) is 3.96. The SMILES string of the molecule is C=CC[C@H](c1c(Cl)ccc(C)c1F)N1CCNCC1.Cl.Cl.